The molecule has 4 rings (SSSR count). The number of morpholine rings is 1. The maximum absolute atomic E-state index is 6.02. The zero-order valence-electron chi connectivity index (χ0n) is 12.1. The minimum atomic E-state index is 0.463. The van der Waals surface area contributed by atoms with E-state index < -0.39 is 0 Å². The van der Waals surface area contributed by atoms with Crippen molar-refractivity contribution in [3.63, 3.8) is 0 Å². The van der Waals surface area contributed by atoms with Crippen molar-refractivity contribution >= 4 is 5.69 Å². The van der Waals surface area contributed by atoms with Gasteiger partial charge in [0.05, 0.1) is 18.8 Å². The Labute approximate surface area is 121 Å². The summed E-state index contributed by atoms with van der Waals surface area (Å²) in [4.78, 5) is 2.65. The number of rotatable bonds is 1. The van der Waals surface area contributed by atoms with Crippen LogP contribution in [0.1, 0.15) is 36.8 Å². The molecular weight excluding hydrogens is 248 g/mol. The molecule has 1 aliphatic carbocycles. The van der Waals surface area contributed by atoms with Gasteiger partial charge in [-0.3, -0.25) is 0 Å². The minimum absolute atomic E-state index is 0.463. The van der Waals surface area contributed by atoms with Gasteiger partial charge in [0.2, 0.25) is 0 Å². The molecule has 1 aromatic rings. The molecule has 2 aliphatic heterocycles. The highest BCUT2D eigenvalue weighted by Crippen LogP contribution is 2.35. The monoisotopic (exact) mass is 272 g/mol. The fourth-order valence-electron chi connectivity index (χ4n) is 4.16. The van der Waals surface area contributed by atoms with E-state index in [1.807, 2.05) is 0 Å². The van der Waals surface area contributed by atoms with E-state index in [0.717, 1.165) is 26.2 Å². The predicted molar refractivity (Wildman–Crippen MR) is 81.2 cm³/mol. The van der Waals surface area contributed by atoms with Crippen molar-refractivity contribution in [3.8, 4) is 0 Å². The lowest BCUT2D eigenvalue weighted by Gasteiger charge is -2.46. The van der Waals surface area contributed by atoms with Gasteiger partial charge in [0.1, 0.15) is 0 Å². The predicted octanol–water partition coefficient (Wildman–Crippen LogP) is 2.48. The molecule has 2 atom stereocenters. The molecule has 0 amide bonds. The number of ether oxygens (including phenoxy) is 1. The number of hydrogen-bond donors (Lipinski definition) is 1. The summed E-state index contributed by atoms with van der Waals surface area (Å²) in [5.74, 6) is 0. The highest BCUT2D eigenvalue weighted by Gasteiger charge is 2.35. The van der Waals surface area contributed by atoms with Gasteiger partial charge in [-0.05, 0) is 43.0 Å². The average Bonchev–Trinajstić information content (AvgIpc) is 2.54. The summed E-state index contributed by atoms with van der Waals surface area (Å²) in [5.41, 5.74) is 4.54. The van der Waals surface area contributed by atoms with Gasteiger partial charge in [-0.15, -0.1) is 0 Å². The van der Waals surface area contributed by atoms with E-state index in [4.69, 9.17) is 4.74 Å². The number of benzene rings is 1. The fourth-order valence-corrected chi connectivity index (χ4v) is 4.16. The topological polar surface area (TPSA) is 24.5 Å². The molecule has 1 saturated heterocycles. The van der Waals surface area contributed by atoms with Crippen LogP contribution in [0.5, 0.6) is 0 Å². The molecule has 1 aromatic carbocycles. The van der Waals surface area contributed by atoms with E-state index >= 15 is 0 Å². The molecule has 1 saturated carbocycles. The van der Waals surface area contributed by atoms with Crippen LogP contribution in [0.25, 0.3) is 0 Å². The number of nitrogens with zero attached hydrogens (tertiary/aromatic N) is 1. The quantitative estimate of drug-likeness (QED) is 0.850. The first kappa shape index (κ1) is 12.7. The second-order valence-electron chi connectivity index (χ2n) is 6.30. The third-order valence-corrected chi connectivity index (χ3v) is 5.16. The normalized spacial score (nSPS) is 29.7. The van der Waals surface area contributed by atoms with E-state index in [0.29, 0.717) is 12.1 Å². The maximum Gasteiger partial charge on any atom is 0.0779 e. The van der Waals surface area contributed by atoms with Gasteiger partial charge in [-0.1, -0.05) is 25.0 Å². The number of hydrogen-bond acceptors (Lipinski definition) is 3. The first-order valence-corrected chi connectivity index (χ1v) is 8.13. The lowest BCUT2D eigenvalue weighted by molar-refractivity contribution is -0.00875. The van der Waals surface area contributed by atoms with Crippen LogP contribution in [0.15, 0.2) is 18.2 Å². The molecule has 0 spiro atoms. The Morgan fingerprint density at radius 1 is 1.20 bits per heavy atom. The van der Waals surface area contributed by atoms with Crippen LogP contribution < -0.4 is 10.2 Å². The highest BCUT2D eigenvalue weighted by atomic mass is 16.5. The Hall–Kier alpha value is -1.06. The first-order valence-electron chi connectivity index (χ1n) is 8.13. The molecule has 1 N–H and O–H groups in total. The van der Waals surface area contributed by atoms with Crippen LogP contribution in [0.2, 0.25) is 0 Å². The van der Waals surface area contributed by atoms with Crippen LogP contribution in [0.4, 0.5) is 5.69 Å². The molecule has 2 fully saturated rings. The van der Waals surface area contributed by atoms with Gasteiger partial charge in [-0.25, -0.2) is 0 Å². The van der Waals surface area contributed by atoms with Gasteiger partial charge in [0.15, 0.2) is 0 Å². The Morgan fingerprint density at radius 2 is 2.15 bits per heavy atom. The third-order valence-electron chi connectivity index (χ3n) is 5.16. The summed E-state index contributed by atoms with van der Waals surface area (Å²) in [6.45, 7) is 4.09. The highest BCUT2D eigenvalue weighted by molar-refractivity contribution is 5.58. The Morgan fingerprint density at radius 3 is 3.15 bits per heavy atom. The van der Waals surface area contributed by atoms with E-state index in [1.165, 1.54) is 43.4 Å². The molecule has 2 heterocycles. The van der Waals surface area contributed by atoms with Crippen molar-refractivity contribution in [3.05, 3.63) is 29.3 Å². The zero-order valence-corrected chi connectivity index (χ0v) is 12.1. The molecule has 0 aromatic heterocycles. The summed E-state index contributed by atoms with van der Waals surface area (Å²) in [5, 5.41) is 3.53. The largest absolute Gasteiger partial charge is 0.374 e. The van der Waals surface area contributed by atoms with E-state index in [9.17, 15) is 0 Å². The molecular formula is C17H24N2O. The van der Waals surface area contributed by atoms with Gasteiger partial charge < -0.3 is 15.0 Å². The van der Waals surface area contributed by atoms with Crippen molar-refractivity contribution in [2.45, 2.75) is 50.8 Å². The van der Waals surface area contributed by atoms with Gasteiger partial charge in [0.25, 0.3) is 0 Å². The van der Waals surface area contributed by atoms with Crippen molar-refractivity contribution in [1.29, 1.82) is 0 Å². The summed E-state index contributed by atoms with van der Waals surface area (Å²) in [6.07, 6.45) is 6.86. The molecule has 3 heteroatoms. The molecule has 3 aliphatic rings. The van der Waals surface area contributed by atoms with E-state index in [1.54, 1.807) is 5.56 Å². The molecule has 0 radical (unpaired) electrons. The van der Waals surface area contributed by atoms with E-state index in [2.05, 4.69) is 28.4 Å². The number of nitrogens with one attached hydrogen (secondary N) is 1. The van der Waals surface area contributed by atoms with Crippen LogP contribution in [-0.4, -0.2) is 31.8 Å². The first-order chi connectivity index (χ1) is 9.93. The summed E-state index contributed by atoms with van der Waals surface area (Å²) < 4.78 is 6.02. The van der Waals surface area contributed by atoms with Crippen LogP contribution in [0.3, 0.4) is 0 Å². The maximum atomic E-state index is 6.02. The Balaban J connectivity index is 1.69. The Bertz CT molecular complexity index is 486. The van der Waals surface area contributed by atoms with Gasteiger partial charge in [0, 0.05) is 18.8 Å². The second kappa shape index (κ2) is 5.38. The van der Waals surface area contributed by atoms with Crippen LogP contribution in [0, 0.1) is 0 Å². The average molecular weight is 272 g/mol. The molecule has 20 heavy (non-hydrogen) atoms. The standard InChI is InChI=1S/C17H24N2O/c1-2-7-17-16(5-1)19(10-11-20-17)15-6-3-4-13-8-9-18-12-14(13)15/h3-4,6,16-18H,1-2,5,7-12H2. The summed E-state index contributed by atoms with van der Waals surface area (Å²) in [7, 11) is 0. The van der Waals surface area contributed by atoms with Gasteiger partial charge in [-0.2, -0.15) is 0 Å². The van der Waals surface area contributed by atoms with Crippen molar-refractivity contribution in [2.75, 3.05) is 24.6 Å². The lowest BCUT2D eigenvalue weighted by atomic mass is 9.88. The summed E-state index contributed by atoms with van der Waals surface area (Å²) in [6, 6.07) is 7.47. The third kappa shape index (κ3) is 2.13. The van der Waals surface area contributed by atoms with Crippen molar-refractivity contribution in [2.24, 2.45) is 0 Å². The van der Waals surface area contributed by atoms with E-state index in [-0.39, 0.29) is 0 Å². The Kier molecular flexibility index (Phi) is 3.41. The zero-order chi connectivity index (χ0) is 13.4. The van der Waals surface area contributed by atoms with Gasteiger partial charge >= 0.3 is 0 Å². The molecule has 3 nitrogen and oxygen atoms in total. The lowest BCUT2D eigenvalue weighted by Crippen LogP contribution is -2.53. The van der Waals surface area contributed by atoms with Crippen molar-refractivity contribution < 1.29 is 4.74 Å². The summed E-state index contributed by atoms with van der Waals surface area (Å²) >= 11 is 0. The number of anilines is 1. The second-order valence-corrected chi connectivity index (χ2v) is 6.30. The van der Waals surface area contributed by atoms with Crippen LogP contribution in [-0.2, 0) is 17.7 Å². The smallest absolute Gasteiger partial charge is 0.0779 e. The fraction of sp³-hybridized carbons (Fsp3) is 0.647. The molecule has 0 bridgehead atoms. The van der Waals surface area contributed by atoms with Crippen molar-refractivity contribution in [1.82, 2.24) is 5.32 Å². The molecule has 108 valence electrons. The minimum Gasteiger partial charge on any atom is -0.374 e. The SMILES string of the molecule is c1cc2c(c(N3CCOC4CCCCC43)c1)CNCC2. The van der Waals surface area contributed by atoms with Crippen LogP contribution >= 0.6 is 0 Å². The molecule has 2 unspecified atom stereocenters. The number of fused-ring (bicyclic) bond motifs is 2.